The molecule has 15 heavy (non-hydrogen) atoms. The van der Waals surface area contributed by atoms with Gasteiger partial charge in [-0.15, -0.1) is 0 Å². The van der Waals surface area contributed by atoms with Gasteiger partial charge in [0.05, 0.1) is 18.8 Å². The van der Waals surface area contributed by atoms with Gasteiger partial charge >= 0.3 is 0 Å². The lowest BCUT2D eigenvalue weighted by atomic mass is 9.83. The average Bonchev–Trinajstić information content (AvgIpc) is 2.14. The van der Waals surface area contributed by atoms with E-state index in [9.17, 15) is 13.9 Å². The van der Waals surface area contributed by atoms with E-state index in [0.29, 0.717) is 12.8 Å². The molecule has 1 rings (SSSR count). The fraction of sp³-hybridized carbons (Fsp3) is 1.00. The van der Waals surface area contributed by atoms with Crippen molar-refractivity contribution in [2.24, 2.45) is 5.92 Å². The van der Waals surface area contributed by atoms with Gasteiger partial charge in [-0.2, -0.15) is 0 Å². The highest BCUT2D eigenvalue weighted by Gasteiger charge is 2.37. The van der Waals surface area contributed by atoms with Crippen molar-refractivity contribution in [2.75, 3.05) is 6.61 Å². The van der Waals surface area contributed by atoms with Crippen molar-refractivity contribution >= 4 is 0 Å². The third-order valence-electron chi connectivity index (χ3n) is 2.91. The fourth-order valence-corrected chi connectivity index (χ4v) is 1.87. The van der Waals surface area contributed by atoms with E-state index in [-0.39, 0.29) is 31.5 Å². The molecule has 1 atom stereocenters. The molecule has 0 aliphatic heterocycles. The Morgan fingerprint density at radius 2 is 1.87 bits per heavy atom. The number of hydrogen-bond acceptors (Lipinski definition) is 2. The Morgan fingerprint density at radius 3 is 2.33 bits per heavy atom. The van der Waals surface area contributed by atoms with Gasteiger partial charge in [-0.1, -0.05) is 0 Å². The van der Waals surface area contributed by atoms with Gasteiger partial charge in [0, 0.05) is 12.8 Å². The number of aliphatic hydroxyl groups excluding tert-OH is 1. The minimum absolute atomic E-state index is 0.0247. The number of alkyl halides is 2. The molecule has 0 amide bonds. The topological polar surface area (TPSA) is 29.5 Å². The lowest BCUT2D eigenvalue weighted by molar-refractivity contribution is -0.0793. The summed E-state index contributed by atoms with van der Waals surface area (Å²) in [5.41, 5.74) is 0. The highest BCUT2D eigenvalue weighted by molar-refractivity contribution is 4.81. The van der Waals surface area contributed by atoms with E-state index < -0.39 is 12.0 Å². The Balaban J connectivity index is 2.27. The molecule has 1 unspecified atom stereocenters. The van der Waals surface area contributed by atoms with Crippen molar-refractivity contribution in [2.45, 2.75) is 57.7 Å². The zero-order valence-corrected chi connectivity index (χ0v) is 9.38. The second kappa shape index (κ2) is 5.21. The molecule has 0 heterocycles. The minimum atomic E-state index is -2.52. The summed E-state index contributed by atoms with van der Waals surface area (Å²) in [5.74, 6) is -2.54. The minimum Gasteiger partial charge on any atom is -0.390 e. The Labute approximate surface area is 89.6 Å². The molecule has 0 saturated heterocycles. The van der Waals surface area contributed by atoms with Gasteiger partial charge in [0.25, 0.3) is 0 Å². The van der Waals surface area contributed by atoms with E-state index in [1.165, 1.54) is 0 Å². The summed E-state index contributed by atoms with van der Waals surface area (Å²) >= 11 is 0. The smallest absolute Gasteiger partial charge is 0.248 e. The second-order valence-corrected chi connectivity index (χ2v) is 4.64. The molecule has 2 nitrogen and oxygen atoms in total. The molecule has 1 fully saturated rings. The van der Waals surface area contributed by atoms with Gasteiger partial charge < -0.3 is 9.84 Å². The number of hydrogen-bond donors (Lipinski definition) is 1. The summed E-state index contributed by atoms with van der Waals surface area (Å²) < 4.78 is 31.0. The third kappa shape index (κ3) is 4.43. The first-order valence-electron chi connectivity index (χ1n) is 5.58. The van der Waals surface area contributed by atoms with E-state index >= 15 is 0 Å². The van der Waals surface area contributed by atoms with E-state index in [4.69, 9.17) is 4.74 Å². The summed E-state index contributed by atoms with van der Waals surface area (Å²) in [6.07, 6.45) is 0.0751. The first-order valence-corrected chi connectivity index (χ1v) is 5.58. The number of halogens is 2. The first-order chi connectivity index (χ1) is 6.91. The molecule has 90 valence electrons. The summed E-state index contributed by atoms with van der Waals surface area (Å²) in [4.78, 5) is 0. The van der Waals surface area contributed by atoms with E-state index in [1.807, 2.05) is 13.8 Å². The monoisotopic (exact) mass is 222 g/mol. The maximum atomic E-state index is 12.8. The highest BCUT2D eigenvalue weighted by Crippen LogP contribution is 2.37. The van der Waals surface area contributed by atoms with Crippen LogP contribution in [0.4, 0.5) is 8.78 Å². The van der Waals surface area contributed by atoms with E-state index in [0.717, 1.165) is 0 Å². The van der Waals surface area contributed by atoms with Crippen molar-refractivity contribution in [3.8, 4) is 0 Å². The highest BCUT2D eigenvalue weighted by atomic mass is 19.3. The molecular weight excluding hydrogens is 202 g/mol. The van der Waals surface area contributed by atoms with Crippen molar-refractivity contribution in [3.63, 3.8) is 0 Å². The Hall–Kier alpha value is -0.220. The molecule has 0 aromatic rings. The van der Waals surface area contributed by atoms with Crippen LogP contribution in [0.1, 0.15) is 39.5 Å². The number of rotatable bonds is 4. The number of aliphatic hydroxyl groups is 1. The molecule has 4 heteroatoms. The Kier molecular flexibility index (Phi) is 4.46. The zero-order chi connectivity index (χ0) is 11.5. The normalized spacial score (nSPS) is 24.4. The van der Waals surface area contributed by atoms with Crippen LogP contribution >= 0.6 is 0 Å². The molecule has 0 aromatic heterocycles. The summed E-state index contributed by atoms with van der Waals surface area (Å²) in [7, 11) is 0. The maximum absolute atomic E-state index is 12.8. The molecule has 0 radical (unpaired) electrons. The molecule has 0 aromatic carbocycles. The van der Waals surface area contributed by atoms with Crippen LogP contribution in [0.15, 0.2) is 0 Å². The average molecular weight is 222 g/mol. The predicted octanol–water partition coefficient (Wildman–Crippen LogP) is 2.60. The van der Waals surface area contributed by atoms with Crippen LogP contribution in [0.25, 0.3) is 0 Å². The molecule has 1 aliphatic carbocycles. The lowest BCUT2D eigenvalue weighted by Gasteiger charge is -2.31. The molecule has 0 bridgehead atoms. The van der Waals surface area contributed by atoms with E-state index in [2.05, 4.69) is 0 Å². The van der Waals surface area contributed by atoms with Crippen molar-refractivity contribution in [3.05, 3.63) is 0 Å². The maximum Gasteiger partial charge on any atom is 0.248 e. The lowest BCUT2D eigenvalue weighted by Crippen LogP contribution is -2.34. The quantitative estimate of drug-likeness (QED) is 0.792. The van der Waals surface area contributed by atoms with Crippen LogP contribution in [0.3, 0.4) is 0 Å². The van der Waals surface area contributed by atoms with Gasteiger partial charge in [-0.25, -0.2) is 8.78 Å². The Bertz CT molecular complexity index is 185. The van der Waals surface area contributed by atoms with Gasteiger partial charge in [-0.05, 0) is 32.6 Å². The SMILES string of the molecule is CC(C)OCC(O)C1CCC(F)(F)CC1. The van der Waals surface area contributed by atoms with Crippen molar-refractivity contribution in [1.29, 1.82) is 0 Å². The Morgan fingerprint density at radius 1 is 1.33 bits per heavy atom. The largest absolute Gasteiger partial charge is 0.390 e. The zero-order valence-electron chi connectivity index (χ0n) is 9.38. The van der Waals surface area contributed by atoms with Crippen LogP contribution in [-0.4, -0.2) is 29.8 Å². The molecule has 1 aliphatic rings. The number of ether oxygens (including phenoxy) is 1. The predicted molar refractivity (Wildman–Crippen MR) is 54.0 cm³/mol. The molecule has 1 saturated carbocycles. The molecule has 0 spiro atoms. The van der Waals surface area contributed by atoms with E-state index in [1.54, 1.807) is 0 Å². The summed E-state index contributed by atoms with van der Waals surface area (Å²) in [5, 5.41) is 9.72. The van der Waals surface area contributed by atoms with Gasteiger partial charge in [0.15, 0.2) is 0 Å². The van der Waals surface area contributed by atoms with Gasteiger partial charge in [-0.3, -0.25) is 0 Å². The standard InChI is InChI=1S/C11H20F2O2/c1-8(2)15-7-10(14)9-3-5-11(12,13)6-4-9/h8-10,14H,3-7H2,1-2H3. The summed E-state index contributed by atoms with van der Waals surface area (Å²) in [6.45, 7) is 4.04. The van der Waals surface area contributed by atoms with Gasteiger partial charge in [0.2, 0.25) is 5.92 Å². The van der Waals surface area contributed by atoms with Crippen LogP contribution in [0.5, 0.6) is 0 Å². The van der Waals surface area contributed by atoms with Crippen LogP contribution in [0, 0.1) is 5.92 Å². The third-order valence-corrected chi connectivity index (χ3v) is 2.91. The van der Waals surface area contributed by atoms with Crippen LogP contribution in [-0.2, 0) is 4.74 Å². The van der Waals surface area contributed by atoms with Crippen molar-refractivity contribution in [1.82, 2.24) is 0 Å². The van der Waals surface area contributed by atoms with Crippen LogP contribution in [0.2, 0.25) is 0 Å². The van der Waals surface area contributed by atoms with Crippen molar-refractivity contribution < 1.29 is 18.6 Å². The molecular formula is C11H20F2O2. The molecule has 1 N–H and O–H groups in total. The summed E-state index contributed by atoms with van der Waals surface area (Å²) in [6, 6.07) is 0. The first kappa shape index (κ1) is 12.8. The van der Waals surface area contributed by atoms with Crippen LogP contribution < -0.4 is 0 Å². The van der Waals surface area contributed by atoms with Gasteiger partial charge in [0.1, 0.15) is 0 Å². The second-order valence-electron chi connectivity index (χ2n) is 4.64. The fourth-order valence-electron chi connectivity index (χ4n) is 1.87.